The maximum absolute atomic E-state index is 12.8. The molecule has 0 spiro atoms. The number of likely N-dealkylation sites (N-methyl/N-ethyl adjacent to an activating group) is 1. The first-order chi connectivity index (χ1) is 27.2. The van der Waals surface area contributed by atoms with Crippen LogP contribution in [-0.4, -0.2) is 103 Å². The van der Waals surface area contributed by atoms with Crippen molar-refractivity contribution in [2.24, 2.45) is 11.8 Å². The lowest BCUT2D eigenvalue weighted by Crippen LogP contribution is -2.37. The molecule has 0 radical (unpaired) electrons. The molecular formula is C44H81NO11P+. The van der Waals surface area contributed by atoms with Gasteiger partial charge in [-0.15, -0.1) is 0 Å². The molecule has 3 N–H and O–H groups in total. The van der Waals surface area contributed by atoms with Crippen LogP contribution in [0.5, 0.6) is 0 Å². The molecule has 6 atom stereocenters. The third-order valence-electron chi connectivity index (χ3n) is 10.4. The Kier molecular flexibility index (Phi) is 29.7. The molecule has 1 fully saturated rings. The second-order valence-corrected chi connectivity index (χ2v) is 18.3. The summed E-state index contributed by atoms with van der Waals surface area (Å²) in [7, 11) is 1.31. The molecular weight excluding hydrogens is 749 g/mol. The number of esters is 2. The molecule has 0 heterocycles. The lowest BCUT2D eigenvalue weighted by atomic mass is 9.90. The average Bonchev–Trinajstić information content (AvgIpc) is 3.41. The Morgan fingerprint density at radius 3 is 2.00 bits per heavy atom. The van der Waals surface area contributed by atoms with Crippen LogP contribution in [0.3, 0.4) is 0 Å². The number of unbranched alkanes of at least 4 members (excludes halogenated alkanes) is 15. The first-order valence-corrected chi connectivity index (χ1v) is 23.7. The van der Waals surface area contributed by atoms with Crippen LogP contribution >= 0.6 is 7.82 Å². The smallest absolute Gasteiger partial charge is 0.462 e. The van der Waals surface area contributed by atoms with Crippen molar-refractivity contribution in [2.75, 3.05) is 47.5 Å². The molecule has 1 saturated carbocycles. The number of aliphatic hydroxyl groups excluding tert-OH is 2. The Morgan fingerprint density at radius 1 is 0.807 bits per heavy atom. The number of ketones is 1. The minimum absolute atomic E-state index is 0.00430. The number of phosphoric ester groups is 1. The molecule has 1 aliphatic carbocycles. The van der Waals surface area contributed by atoms with Crippen molar-refractivity contribution in [3.05, 3.63) is 24.3 Å². The van der Waals surface area contributed by atoms with Gasteiger partial charge in [0.05, 0.1) is 40.0 Å². The van der Waals surface area contributed by atoms with Crippen LogP contribution in [0.4, 0.5) is 0 Å². The largest absolute Gasteiger partial charge is 0.472 e. The highest BCUT2D eigenvalue weighted by molar-refractivity contribution is 7.47. The number of rotatable bonds is 36. The predicted octanol–water partition coefficient (Wildman–Crippen LogP) is 8.94. The number of allylic oxidation sites excluding steroid dienone is 2. The van der Waals surface area contributed by atoms with E-state index in [0.29, 0.717) is 43.1 Å². The Hall–Kier alpha value is -1.92. The van der Waals surface area contributed by atoms with Crippen molar-refractivity contribution < 1.29 is 57.1 Å². The third-order valence-corrected chi connectivity index (χ3v) is 11.3. The van der Waals surface area contributed by atoms with E-state index >= 15 is 0 Å². The molecule has 0 amide bonds. The molecule has 1 rings (SSSR count). The van der Waals surface area contributed by atoms with Gasteiger partial charge in [-0.25, -0.2) is 4.57 Å². The zero-order valence-electron chi connectivity index (χ0n) is 36.3. The SMILES string of the molecule is CCCCCCCCCCCCCCCC(=O)OC[C@H](COP(=O)(O)OCC[N+](C)(C)C)OC(=O)CCC/C=C\CC1C(=O)CC(O)C1/C=C/C(O)CCCCC. The Balaban J connectivity index is 2.53. The minimum atomic E-state index is -4.45. The first-order valence-electron chi connectivity index (χ1n) is 22.2. The van der Waals surface area contributed by atoms with Crippen LogP contribution in [0.2, 0.25) is 0 Å². The van der Waals surface area contributed by atoms with Gasteiger partial charge in [0.25, 0.3) is 0 Å². The van der Waals surface area contributed by atoms with E-state index in [1.165, 1.54) is 57.8 Å². The summed E-state index contributed by atoms with van der Waals surface area (Å²) in [5.41, 5.74) is 0. The first kappa shape index (κ1) is 53.1. The number of hydrogen-bond donors (Lipinski definition) is 3. The van der Waals surface area contributed by atoms with Gasteiger partial charge in [0.15, 0.2) is 6.10 Å². The molecule has 0 saturated heterocycles. The summed E-state index contributed by atoms with van der Waals surface area (Å²) in [4.78, 5) is 48.1. The second-order valence-electron chi connectivity index (χ2n) is 16.9. The summed E-state index contributed by atoms with van der Waals surface area (Å²) < 4.78 is 34.2. The zero-order valence-corrected chi connectivity index (χ0v) is 37.2. The van der Waals surface area contributed by atoms with Gasteiger partial charge in [0, 0.05) is 31.1 Å². The molecule has 0 aromatic carbocycles. The fourth-order valence-corrected chi connectivity index (χ4v) is 7.50. The highest BCUT2D eigenvalue weighted by atomic mass is 31.2. The monoisotopic (exact) mass is 831 g/mol. The van der Waals surface area contributed by atoms with E-state index in [9.17, 15) is 34.1 Å². The van der Waals surface area contributed by atoms with Crippen LogP contribution in [0, 0.1) is 11.8 Å². The molecule has 0 aromatic rings. The van der Waals surface area contributed by atoms with Crippen molar-refractivity contribution in [2.45, 2.75) is 180 Å². The average molecular weight is 831 g/mol. The normalized spacial score (nSPS) is 19.6. The van der Waals surface area contributed by atoms with Crippen LogP contribution in [-0.2, 0) is 37.5 Å². The summed E-state index contributed by atoms with van der Waals surface area (Å²) in [6.07, 6.45) is 25.9. The van der Waals surface area contributed by atoms with Crippen molar-refractivity contribution in [1.82, 2.24) is 0 Å². The fraction of sp³-hybridized carbons (Fsp3) is 0.841. The van der Waals surface area contributed by atoms with Gasteiger partial charge in [-0.2, -0.15) is 0 Å². The highest BCUT2D eigenvalue weighted by Gasteiger charge is 2.39. The van der Waals surface area contributed by atoms with Gasteiger partial charge >= 0.3 is 19.8 Å². The molecule has 57 heavy (non-hydrogen) atoms. The number of phosphoric acid groups is 1. The van der Waals surface area contributed by atoms with E-state index in [2.05, 4.69) is 13.8 Å². The molecule has 0 aliphatic heterocycles. The van der Waals surface area contributed by atoms with Crippen LogP contribution in [0.15, 0.2) is 24.3 Å². The quantitative estimate of drug-likeness (QED) is 0.0181. The summed E-state index contributed by atoms with van der Waals surface area (Å²) in [6.45, 7) is 4.00. The zero-order chi connectivity index (χ0) is 42.4. The maximum Gasteiger partial charge on any atom is 0.472 e. The number of ether oxygens (including phenoxy) is 2. The number of carbonyl (C=O) groups excluding carboxylic acids is 3. The number of quaternary nitrogens is 1. The summed E-state index contributed by atoms with van der Waals surface area (Å²) in [6, 6.07) is 0. The number of hydrogen-bond acceptors (Lipinski definition) is 10. The maximum atomic E-state index is 12.8. The van der Waals surface area contributed by atoms with Gasteiger partial charge in [0.2, 0.25) is 0 Å². The number of Topliss-reactive ketones (excluding diaryl/α,β-unsaturated/α-hetero) is 1. The van der Waals surface area contributed by atoms with E-state index in [1.807, 2.05) is 33.3 Å². The van der Waals surface area contributed by atoms with Crippen LogP contribution in [0.1, 0.15) is 162 Å². The van der Waals surface area contributed by atoms with E-state index < -0.39 is 44.7 Å². The predicted molar refractivity (Wildman–Crippen MR) is 225 cm³/mol. The van der Waals surface area contributed by atoms with E-state index in [4.69, 9.17) is 18.5 Å². The van der Waals surface area contributed by atoms with Gasteiger partial charge in [-0.05, 0) is 32.1 Å². The summed E-state index contributed by atoms with van der Waals surface area (Å²) >= 11 is 0. The van der Waals surface area contributed by atoms with Gasteiger partial charge in [-0.1, -0.05) is 134 Å². The Labute approximate surface area is 345 Å². The molecule has 12 nitrogen and oxygen atoms in total. The molecule has 13 heteroatoms. The van der Waals surface area contributed by atoms with E-state index in [-0.39, 0.29) is 50.1 Å². The van der Waals surface area contributed by atoms with Crippen molar-refractivity contribution in [1.29, 1.82) is 0 Å². The fourth-order valence-electron chi connectivity index (χ4n) is 6.76. The minimum Gasteiger partial charge on any atom is -0.462 e. The topological polar surface area (TPSA) is 166 Å². The Morgan fingerprint density at radius 2 is 1.39 bits per heavy atom. The third kappa shape index (κ3) is 29.0. The summed E-state index contributed by atoms with van der Waals surface area (Å²) in [5, 5.41) is 20.7. The lowest BCUT2D eigenvalue weighted by molar-refractivity contribution is -0.870. The highest BCUT2D eigenvalue weighted by Crippen LogP contribution is 2.43. The van der Waals surface area contributed by atoms with Crippen LogP contribution < -0.4 is 0 Å². The molecule has 0 aromatic heterocycles. The second kappa shape index (κ2) is 31.9. The number of carbonyl (C=O) groups is 3. The molecule has 0 bridgehead atoms. The molecule has 332 valence electrons. The van der Waals surface area contributed by atoms with Crippen LogP contribution in [0.25, 0.3) is 0 Å². The van der Waals surface area contributed by atoms with Crippen molar-refractivity contribution in [3.8, 4) is 0 Å². The summed E-state index contributed by atoms with van der Waals surface area (Å²) in [5.74, 6) is -1.72. The molecule has 1 aliphatic rings. The standard InChI is InChI=1S/C44H80NO11P/c1-6-8-10-11-12-13-14-15-16-17-18-19-24-28-43(49)53-35-38(36-55-57(51,52)54-33-32-45(3,4)5)56-44(50)29-25-21-20-23-27-39-40(42(48)34-41(39)47)31-30-37(46)26-22-9-7-2/h20,23,30-31,37-40,42,46,48H,6-19,21-22,24-29,32-36H2,1-5H3/p+1/b23-20-,31-30+/t37?,38-,39?,40?,42?/m1/s1. The number of nitrogens with zero attached hydrogens (tertiary/aromatic N) is 1. The van der Waals surface area contributed by atoms with Crippen molar-refractivity contribution in [3.63, 3.8) is 0 Å². The van der Waals surface area contributed by atoms with Crippen molar-refractivity contribution >= 4 is 25.5 Å². The van der Waals surface area contributed by atoms with E-state index in [1.54, 1.807) is 12.2 Å². The van der Waals surface area contributed by atoms with Gasteiger partial charge < -0.3 is 29.1 Å². The molecule has 5 unspecified atom stereocenters. The Bertz CT molecular complexity index is 1190. The van der Waals surface area contributed by atoms with Gasteiger partial charge in [-0.3, -0.25) is 23.4 Å². The number of aliphatic hydroxyl groups is 2. The van der Waals surface area contributed by atoms with E-state index in [0.717, 1.165) is 38.5 Å². The van der Waals surface area contributed by atoms with Gasteiger partial charge in [0.1, 0.15) is 25.5 Å². The lowest BCUT2D eigenvalue weighted by Gasteiger charge is -2.24.